The van der Waals surface area contributed by atoms with Crippen molar-refractivity contribution in [2.24, 2.45) is 0 Å². The number of nitrogens with zero attached hydrogens (tertiary/aromatic N) is 1. The third-order valence-electron chi connectivity index (χ3n) is 4.63. The predicted octanol–water partition coefficient (Wildman–Crippen LogP) is 3.12. The highest BCUT2D eigenvalue weighted by molar-refractivity contribution is 5.77. The lowest BCUT2D eigenvalue weighted by molar-refractivity contribution is -0.132. The van der Waals surface area contributed by atoms with Gasteiger partial charge in [0.05, 0.1) is 0 Å². The van der Waals surface area contributed by atoms with Crippen molar-refractivity contribution in [3.05, 3.63) is 35.4 Å². The van der Waals surface area contributed by atoms with E-state index in [0.29, 0.717) is 18.4 Å². The topological polar surface area (TPSA) is 32.3 Å². The summed E-state index contributed by atoms with van der Waals surface area (Å²) in [7, 11) is 1.94. The third kappa shape index (κ3) is 4.07. The van der Waals surface area contributed by atoms with Gasteiger partial charge in [0.25, 0.3) is 0 Å². The average Bonchev–Trinajstić information content (AvgIpc) is 3.00. The summed E-state index contributed by atoms with van der Waals surface area (Å²) in [6, 6.07) is 9.08. The lowest BCUT2D eigenvalue weighted by Gasteiger charge is -2.25. The Labute approximate surface area is 128 Å². The smallest absolute Gasteiger partial charge is 0.223 e. The van der Waals surface area contributed by atoms with Gasteiger partial charge in [0.2, 0.25) is 5.91 Å². The zero-order valence-corrected chi connectivity index (χ0v) is 13.7. The first-order valence-corrected chi connectivity index (χ1v) is 8.05. The molecule has 0 aromatic heterocycles. The van der Waals surface area contributed by atoms with Gasteiger partial charge in [0.15, 0.2) is 0 Å². The maximum absolute atomic E-state index is 12.4. The highest BCUT2D eigenvalue weighted by atomic mass is 16.2. The van der Waals surface area contributed by atoms with E-state index in [0.717, 1.165) is 19.5 Å². The molecule has 0 radical (unpaired) electrons. The SMILES string of the molecule is CC(C)c1ccc(C(C)CC(=O)N(C)C2CCNC2)cc1. The fraction of sp³-hybridized carbons (Fsp3) is 0.611. The Morgan fingerprint density at radius 3 is 2.38 bits per heavy atom. The van der Waals surface area contributed by atoms with E-state index in [1.54, 1.807) is 0 Å². The van der Waals surface area contributed by atoms with Crippen molar-refractivity contribution in [1.29, 1.82) is 0 Å². The van der Waals surface area contributed by atoms with Gasteiger partial charge in [-0.1, -0.05) is 45.0 Å². The number of hydrogen-bond donors (Lipinski definition) is 1. The van der Waals surface area contributed by atoms with Gasteiger partial charge in [0, 0.05) is 26.1 Å². The number of rotatable bonds is 5. The lowest BCUT2D eigenvalue weighted by Crippen LogP contribution is -2.38. The van der Waals surface area contributed by atoms with Crippen LogP contribution in [0.5, 0.6) is 0 Å². The number of hydrogen-bond acceptors (Lipinski definition) is 2. The Hall–Kier alpha value is -1.35. The van der Waals surface area contributed by atoms with Crippen molar-refractivity contribution in [2.75, 3.05) is 20.1 Å². The maximum Gasteiger partial charge on any atom is 0.223 e. The van der Waals surface area contributed by atoms with Crippen molar-refractivity contribution in [3.63, 3.8) is 0 Å². The first kappa shape index (κ1) is 16.0. The van der Waals surface area contributed by atoms with Gasteiger partial charge in [-0.05, 0) is 35.9 Å². The van der Waals surface area contributed by atoms with Crippen LogP contribution in [0.25, 0.3) is 0 Å². The molecular formula is C18H28N2O. The van der Waals surface area contributed by atoms with Gasteiger partial charge in [-0.25, -0.2) is 0 Å². The molecule has 1 heterocycles. The molecule has 2 atom stereocenters. The van der Waals surface area contributed by atoms with Crippen molar-refractivity contribution in [2.45, 2.75) is 51.5 Å². The second-order valence-corrected chi connectivity index (χ2v) is 6.58. The molecule has 1 aromatic rings. The van der Waals surface area contributed by atoms with E-state index in [1.807, 2.05) is 11.9 Å². The van der Waals surface area contributed by atoms with E-state index >= 15 is 0 Å². The maximum atomic E-state index is 12.4. The summed E-state index contributed by atoms with van der Waals surface area (Å²) >= 11 is 0. The minimum atomic E-state index is 0.254. The van der Waals surface area contributed by atoms with E-state index in [9.17, 15) is 4.79 Å². The molecule has 0 bridgehead atoms. The zero-order chi connectivity index (χ0) is 15.4. The molecule has 2 rings (SSSR count). The quantitative estimate of drug-likeness (QED) is 0.903. The number of carbonyl (C=O) groups excluding carboxylic acids is 1. The van der Waals surface area contributed by atoms with E-state index in [-0.39, 0.29) is 11.8 Å². The molecule has 1 amide bonds. The minimum absolute atomic E-state index is 0.254. The summed E-state index contributed by atoms with van der Waals surface area (Å²) in [5, 5.41) is 3.32. The highest BCUT2D eigenvalue weighted by Crippen LogP contribution is 2.23. The van der Waals surface area contributed by atoms with Crippen LogP contribution in [0, 0.1) is 0 Å². The van der Waals surface area contributed by atoms with Gasteiger partial charge in [0.1, 0.15) is 0 Å². The number of likely N-dealkylation sites (N-methyl/N-ethyl adjacent to an activating group) is 1. The van der Waals surface area contributed by atoms with Crippen LogP contribution in [0.2, 0.25) is 0 Å². The molecule has 3 heteroatoms. The molecule has 0 aliphatic carbocycles. The standard InChI is InChI=1S/C18H28N2O/c1-13(2)15-5-7-16(8-6-15)14(3)11-18(21)20(4)17-9-10-19-12-17/h5-8,13-14,17,19H,9-12H2,1-4H3. The fourth-order valence-corrected chi connectivity index (χ4v) is 2.91. The second-order valence-electron chi connectivity index (χ2n) is 6.58. The number of nitrogens with one attached hydrogen (secondary N) is 1. The van der Waals surface area contributed by atoms with Gasteiger partial charge in [-0.2, -0.15) is 0 Å². The highest BCUT2D eigenvalue weighted by Gasteiger charge is 2.24. The lowest BCUT2D eigenvalue weighted by atomic mass is 9.94. The van der Waals surface area contributed by atoms with Crippen LogP contribution in [-0.4, -0.2) is 37.0 Å². The Balaban J connectivity index is 1.93. The monoisotopic (exact) mass is 288 g/mol. The van der Waals surface area contributed by atoms with Crippen LogP contribution in [0.4, 0.5) is 0 Å². The molecule has 1 aliphatic rings. The first-order valence-electron chi connectivity index (χ1n) is 8.05. The summed E-state index contributed by atoms with van der Waals surface area (Å²) in [6.07, 6.45) is 1.66. The van der Waals surface area contributed by atoms with Crippen molar-refractivity contribution < 1.29 is 4.79 Å². The van der Waals surface area contributed by atoms with E-state index in [2.05, 4.69) is 50.4 Å². The fourth-order valence-electron chi connectivity index (χ4n) is 2.91. The largest absolute Gasteiger partial charge is 0.341 e. The average molecular weight is 288 g/mol. The van der Waals surface area contributed by atoms with E-state index < -0.39 is 0 Å². The Morgan fingerprint density at radius 2 is 1.86 bits per heavy atom. The minimum Gasteiger partial charge on any atom is -0.341 e. The molecule has 1 saturated heterocycles. The van der Waals surface area contributed by atoms with Crippen molar-refractivity contribution in [1.82, 2.24) is 10.2 Å². The third-order valence-corrected chi connectivity index (χ3v) is 4.63. The molecule has 1 aromatic carbocycles. The van der Waals surface area contributed by atoms with Crippen molar-refractivity contribution >= 4 is 5.91 Å². The van der Waals surface area contributed by atoms with Gasteiger partial charge in [-0.15, -0.1) is 0 Å². The molecule has 3 nitrogen and oxygen atoms in total. The normalized spacial score (nSPS) is 19.8. The van der Waals surface area contributed by atoms with Crippen LogP contribution in [-0.2, 0) is 4.79 Å². The summed E-state index contributed by atoms with van der Waals surface area (Å²) < 4.78 is 0. The number of benzene rings is 1. The summed E-state index contributed by atoms with van der Waals surface area (Å²) in [5.41, 5.74) is 2.61. The Kier molecular flexibility index (Phi) is 5.40. The summed E-state index contributed by atoms with van der Waals surface area (Å²) in [6.45, 7) is 8.50. The summed E-state index contributed by atoms with van der Waals surface area (Å²) in [5.74, 6) is 1.08. The Bertz CT molecular complexity index is 461. The van der Waals surface area contributed by atoms with E-state index in [1.165, 1.54) is 11.1 Å². The molecule has 0 saturated carbocycles. The first-order chi connectivity index (χ1) is 9.99. The van der Waals surface area contributed by atoms with Crippen LogP contribution < -0.4 is 5.32 Å². The molecular weight excluding hydrogens is 260 g/mol. The predicted molar refractivity (Wildman–Crippen MR) is 87.6 cm³/mol. The van der Waals surface area contributed by atoms with Crippen LogP contribution >= 0.6 is 0 Å². The zero-order valence-electron chi connectivity index (χ0n) is 13.7. The molecule has 1 N–H and O–H groups in total. The van der Waals surface area contributed by atoms with Crippen LogP contribution in [0.3, 0.4) is 0 Å². The molecule has 2 unspecified atom stereocenters. The van der Waals surface area contributed by atoms with E-state index in [4.69, 9.17) is 0 Å². The van der Waals surface area contributed by atoms with Gasteiger partial charge < -0.3 is 10.2 Å². The molecule has 1 aliphatic heterocycles. The molecule has 21 heavy (non-hydrogen) atoms. The molecule has 0 spiro atoms. The van der Waals surface area contributed by atoms with Gasteiger partial charge >= 0.3 is 0 Å². The van der Waals surface area contributed by atoms with Crippen LogP contribution in [0.15, 0.2) is 24.3 Å². The molecule has 116 valence electrons. The van der Waals surface area contributed by atoms with Gasteiger partial charge in [-0.3, -0.25) is 4.79 Å². The molecule has 1 fully saturated rings. The van der Waals surface area contributed by atoms with Crippen molar-refractivity contribution in [3.8, 4) is 0 Å². The number of amides is 1. The second kappa shape index (κ2) is 7.08. The Morgan fingerprint density at radius 1 is 1.24 bits per heavy atom. The number of carbonyl (C=O) groups is 1. The van der Waals surface area contributed by atoms with Crippen LogP contribution in [0.1, 0.15) is 56.6 Å². The summed E-state index contributed by atoms with van der Waals surface area (Å²) in [4.78, 5) is 14.3.